The Kier molecular flexibility index (Phi) is 5.57. The lowest BCUT2D eigenvalue weighted by Crippen LogP contribution is -2.31. The molecule has 3 aromatic rings. The van der Waals surface area contributed by atoms with Gasteiger partial charge in [0.05, 0.1) is 33.7 Å². The minimum Gasteiger partial charge on any atom is -0.376 e. The smallest absolute Gasteiger partial charge is 0.255 e. The Hall–Kier alpha value is -2.78. The van der Waals surface area contributed by atoms with Gasteiger partial charge in [0, 0.05) is 24.9 Å². The van der Waals surface area contributed by atoms with Crippen LogP contribution < -0.4 is 5.32 Å². The van der Waals surface area contributed by atoms with Gasteiger partial charge in [-0.25, -0.2) is 18.4 Å². The molecule has 9 heteroatoms. The Morgan fingerprint density at radius 2 is 2.07 bits per heavy atom. The number of ether oxygens (including phenoxy) is 1. The quantitative estimate of drug-likeness (QED) is 0.624. The van der Waals surface area contributed by atoms with Crippen molar-refractivity contribution in [2.24, 2.45) is 0 Å². The third-order valence-electron chi connectivity index (χ3n) is 5.24. The molecule has 8 nitrogen and oxygen atoms in total. The fraction of sp³-hybridized carbons (Fsp3) is 0.381. The number of nitrogens with zero attached hydrogens (tertiary/aromatic N) is 2. The van der Waals surface area contributed by atoms with Gasteiger partial charge >= 0.3 is 0 Å². The lowest BCUT2D eigenvalue weighted by Gasteiger charge is -2.10. The van der Waals surface area contributed by atoms with Crippen molar-refractivity contribution in [3.63, 3.8) is 0 Å². The van der Waals surface area contributed by atoms with Gasteiger partial charge in [-0.3, -0.25) is 4.79 Å². The first-order chi connectivity index (χ1) is 14.4. The highest BCUT2D eigenvalue weighted by Crippen LogP contribution is 2.24. The average molecular weight is 429 g/mol. The number of carbonyl (C=O) groups is 1. The van der Waals surface area contributed by atoms with Crippen molar-refractivity contribution in [3.8, 4) is 11.3 Å². The van der Waals surface area contributed by atoms with E-state index in [0.29, 0.717) is 29.0 Å². The molecule has 1 amide bonds. The van der Waals surface area contributed by atoms with Crippen molar-refractivity contribution in [2.75, 3.05) is 13.2 Å². The van der Waals surface area contributed by atoms with Crippen LogP contribution in [0.2, 0.25) is 0 Å². The fourth-order valence-electron chi connectivity index (χ4n) is 3.40. The number of hydrogen-bond acceptors (Lipinski definition) is 6. The summed E-state index contributed by atoms with van der Waals surface area (Å²) < 4.78 is 30.2. The van der Waals surface area contributed by atoms with Crippen molar-refractivity contribution >= 4 is 26.9 Å². The molecule has 1 aliphatic rings. The molecule has 1 aromatic carbocycles. The van der Waals surface area contributed by atoms with Gasteiger partial charge in [-0.05, 0) is 38.8 Å². The SMILES string of the molecule is CC(C)S(=O)(=O)c1ccc(-c2cnc3[nH]cc(C(=O)NCC4CCCO4)c3n2)cc1. The molecule has 4 rings (SSSR count). The lowest BCUT2D eigenvalue weighted by molar-refractivity contribution is 0.0859. The van der Waals surface area contributed by atoms with E-state index in [4.69, 9.17) is 4.74 Å². The van der Waals surface area contributed by atoms with Gasteiger partial charge in [-0.2, -0.15) is 0 Å². The maximum atomic E-state index is 12.6. The molecule has 1 fully saturated rings. The van der Waals surface area contributed by atoms with Gasteiger partial charge in [-0.15, -0.1) is 0 Å². The van der Waals surface area contributed by atoms with E-state index in [1.807, 2.05) is 0 Å². The Morgan fingerprint density at radius 3 is 2.73 bits per heavy atom. The second-order valence-corrected chi connectivity index (χ2v) is 10.1. The summed E-state index contributed by atoms with van der Waals surface area (Å²) in [5.41, 5.74) is 2.68. The van der Waals surface area contributed by atoms with Crippen LogP contribution >= 0.6 is 0 Å². The first-order valence-electron chi connectivity index (χ1n) is 9.94. The van der Waals surface area contributed by atoms with Gasteiger partial charge in [0.1, 0.15) is 5.52 Å². The van der Waals surface area contributed by atoms with Gasteiger partial charge < -0.3 is 15.0 Å². The highest BCUT2D eigenvalue weighted by atomic mass is 32.2. The highest BCUT2D eigenvalue weighted by molar-refractivity contribution is 7.92. The zero-order chi connectivity index (χ0) is 21.3. The van der Waals surface area contributed by atoms with Crippen LogP contribution in [-0.4, -0.2) is 53.8 Å². The maximum Gasteiger partial charge on any atom is 0.255 e. The number of hydrogen-bond donors (Lipinski definition) is 2. The number of aromatic nitrogens is 3. The summed E-state index contributed by atoms with van der Waals surface area (Å²) in [4.78, 5) is 24.8. The molecule has 1 atom stereocenters. The number of sulfone groups is 1. The molecule has 0 spiro atoms. The van der Waals surface area contributed by atoms with Crippen molar-refractivity contribution in [2.45, 2.75) is 42.9 Å². The summed E-state index contributed by atoms with van der Waals surface area (Å²) in [5.74, 6) is -0.235. The van der Waals surface area contributed by atoms with E-state index in [1.165, 1.54) is 0 Å². The Bertz CT molecular complexity index is 1160. The average Bonchev–Trinajstić information content (AvgIpc) is 3.41. The number of aromatic amines is 1. The molecule has 3 heterocycles. The minimum atomic E-state index is -3.34. The molecule has 1 saturated heterocycles. The van der Waals surface area contributed by atoms with Crippen LogP contribution in [0.5, 0.6) is 0 Å². The molecule has 2 N–H and O–H groups in total. The number of benzene rings is 1. The highest BCUT2D eigenvalue weighted by Gasteiger charge is 2.21. The number of carbonyl (C=O) groups excluding carboxylic acids is 1. The van der Waals surface area contributed by atoms with Crippen molar-refractivity contribution in [1.29, 1.82) is 0 Å². The minimum absolute atomic E-state index is 0.0569. The lowest BCUT2D eigenvalue weighted by atomic mass is 10.1. The topological polar surface area (TPSA) is 114 Å². The molecular formula is C21H24N4O4S. The largest absolute Gasteiger partial charge is 0.376 e. The van der Waals surface area contributed by atoms with Crippen LogP contribution in [0.25, 0.3) is 22.4 Å². The predicted octanol–water partition coefficient (Wildman–Crippen LogP) is 2.72. The zero-order valence-electron chi connectivity index (χ0n) is 16.9. The van der Waals surface area contributed by atoms with E-state index < -0.39 is 15.1 Å². The van der Waals surface area contributed by atoms with E-state index in [2.05, 4.69) is 20.3 Å². The molecule has 158 valence electrons. The third-order valence-corrected chi connectivity index (χ3v) is 7.41. The summed E-state index contributed by atoms with van der Waals surface area (Å²) in [5, 5.41) is 2.40. The van der Waals surface area contributed by atoms with E-state index in [9.17, 15) is 13.2 Å². The normalized spacial score (nSPS) is 17.0. The molecule has 0 radical (unpaired) electrons. The first-order valence-corrected chi connectivity index (χ1v) is 11.5. The second-order valence-electron chi connectivity index (χ2n) is 7.62. The van der Waals surface area contributed by atoms with E-state index in [0.717, 1.165) is 25.0 Å². The van der Waals surface area contributed by atoms with Gasteiger partial charge in [-0.1, -0.05) is 12.1 Å². The maximum absolute atomic E-state index is 12.6. The van der Waals surface area contributed by atoms with Crippen molar-refractivity contribution in [1.82, 2.24) is 20.3 Å². The molecule has 0 bridgehead atoms. The van der Waals surface area contributed by atoms with Crippen LogP contribution in [0, 0.1) is 0 Å². The Labute approximate surface area is 175 Å². The van der Waals surface area contributed by atoms with Gasteiger partial charge in [0.25, 0.3) is 5.91 Å². The summed E-state index contributed by atoms with van der Waals surface area (Å²) in [7, 11) is -3.34. The summed E-state index contributed by atoms with van der Waals surface area (Å²) in [6, 6.07) is 6.55. The zero-order valence-corrected chi connectivity index (χ0v) is 17.7. The van der Waals surface area contributed by atoms with Gasteiger partial charge in [0.2, 0.25) is 0 Å². The fourth-order valence-corrected chi connectivity index (χ4v) is 4.46. The molecular weight excluding hydrogens is 404 g/mol. The van der Waals surface area contributed by atoms with Crippen molar-refractivity contribution in [3.05, 3.63) is 42.2 Å². The van der Waals surface area contributed by atoms with Crippen LogP contribution in [-0.2, 0) is 14.6 Å². The number of nitrogens with one attached hydrogen (secondary N) is 2. The Morgan fingerprint density at radius 1 is 1.30 bits per heavy atom. The predicted molar refractivity (Wildman–Crippen MR) is 113 cm³/mol. The van der Waals surface area contributed by atoms with Crippen LogP contribution in [0.3, 0.4) is 0 Å². The van der Waals surface area contributed by atoms with E-state index >= 15 is 0 Å². The first kappa shape index (κ1) is 20.5. The number of H-pyrrole nitrogens is 1. The summed E-state index contributed by atoms with van der Waals surface area (Å²) >= 11 is 0. The molecule has 30 heavy (non-hydrogen) atoms. The van der Waals surface area contributed by atoms with Crippen molar-refractivity contribution < 1.29 is 17.9 Å². The number of amides is 1. The van der Waals surface area contributed by atoms with Crippen LogP contribution in [0.15, 0.2) is 41.6 Å². The van der Waals surface area contributed by atoms with E-state index in [1.54, 1.807) is 50.5 Å². The number of fused-ring (bicyclic) bond motifs is 1. The molecule has 1 aliphatic heterocycles. The third kappa shape index (κ3) is 3.95. The summed E-state index contributed by atoms with van der Waals surface area (Å²) in [6.07, 6.45) is 5.21. The standard InChI is InChI=1S/C21H24N4O4S/c1-13(2)30(27,28)16-7-5-14(6-8-16)18-12-23-20-19(25-18)17(11-22-20)21(26)24-10-15-4-3-9-29-15/h5-8,11-13,15H,3-4,9-10H2,1-2H3,(H,22,23)(H,24,26). The second kappa shape index (κ2) is 8.16. The molecule has 2 aromatic heterocycles. The number of rotatable bonds is 6. The molecule has 0 saturated carbocycles. The van der Waals surface area contributed by atoms with Gasteiger partial charge in [0.15, 0.2) is 15.5 Å². The summed E-state index contributed by atoms with van der Waals surface area (Å²) in [6.45, 7) is 4.50. The van der Waals surface area contributed by atoms with Crippen LogP contribution in [0.1, 0.15) is 37.0 Å². The van der Waals surface area contributed by atoms with Crippen LogP contribution in [0.4, 0.5) is 0 Å². The molecule has 0 aliphatic carbocycles. The van der Waals surface area contributed by atoms with E-state index in [-0.39, 0.29) is 16.9 Å². The molecule has 1 unspecified atom stereocenters. The Balaban J connectivity index is 1.58. The monoisotopic (exact) mass is 428 g/mol.